The average molecular weight is 345 g/mol. The van der Waals surface area contributed by atoms with Crippen molar-refractivity contribution in [1.82, 2.24) is 9.88 Å². The first-order valence-corrected chi connectivity index (χ1v) is 8.42. The predicted octanol–water partition coefficient (Wildman–Crippen LogP) is 3.68. The van der Waals surface area contributed by atoms with Crippen LogP contribution in [-0.4, -0.2) is 36.6 Å². The summed E-state index contributed by atoms with van der Waals surface area (Å²) < 4.78 is 6.36. The molecule has 0 radical (unpaired) electrons. The maximum Gasteiger partial charge on any atom is 0.305 e. The lowest BCUT2D eigenvalue weighted by Gasteiger charge is -2.21. The second-order valence-electron chi connectivity index (χ2n) is 5.24. The molecule has 1 aromatic heterocycles. The Balaban J connectivity index is 0.00000242. The third kappa shape index (κ3) is 4.48. The number of H-pyrrole nitrogens is 1. The minimum Gasteiger partial charge on any atom is -0.495 e. The van der Waals surface area contributed by atoms with Gasteiger partial charge in [0, 0.05) is 6.54 Å². The number of benzene rings is 1. The van der Waals surface area contributed by atoms with Crippen molar-refractivity contribution in [2.75, 3.05) is 26.7 Å². The maximum atomic E-state index is 11.6. The molecule has 0 unspecified atom stereocenters. The molecule has 0 saturated carbocycles. The Morgan fingerprint density at radius 1 is 1.18 bits per heavy atom. The van der Waals surface area contributed by atoms with Crippen molar-refractivity contribution in [3.63, 3.8) is 0 Å². The fourth-order valence-corrected chi connectivity index (χ4v) is 3.57. The minimum absolute atomic E-state index is 0. The van der Waals surface area contributed by atoms with Crippen molar-refractivity contribution in [3.8, 4) is 5.75 Å². The van der Waals surface area contributed by atoms with Gasteiger partial charge in [0.05, 0.1) is 11.8 Å². The van der Waals surface area contributed by atoms with Crippen LogP contribution >= 0.6 is 23.7 Å². The molecule has 4 nitrogen and oxygen atoms in total. The average Bonchev–Trinajstić information content (AvgIpc) is 2.86. The van der Waals surface area contributed by atoms with E-state index in [1.165, 1.54) is 29.7 Å². The van der Waals surface area contributed by atoms with Gasteiger partial charge in [-0.25, -0.2) is 0 Å². The van der Waals surface area contributed by atoms with Gasteiger partial charge in [-0.2, -0.15) is 0 Å². The Bertz CT molecular complexity index is 633. The van der Waals surface area contributed by atoms with Crippen LogP contribution in [0, 0.1) is 0 Å². The van der Waals surface area contributed by atoms with Gasteiger partial charge in [-0.15, -0.1) is 12.4 Å². The van der Waals surface area contributed by atoms with Crippen LogP contribution in [0.4, 0.5) is 0 Å². The van der Waals surface area contributed by atoms with Crippen molar-refractivity contribution in [3.05, 3.63) is 27.4 Å². The molecule has 2 aromatic rings. The van der Waals surface area contributed by atoms with Gasteiger partial charge in [0.25, 0.3) is 0 Å². The van der Waals surface area contributed by atoms with Crippen molar-refractivity contribution in [1.29, 1.82) is 0 Å². The summed E-state index contributed by atoms with van der Waals surface area (Å²) in [7, 11) is 1.63. The van der Waals surface area contributed by atoms with E-state index in [9.17, 15) is 4.79 Å². The van der Waals surface area contributed by atoms with Crippen LogP contribution in [-0.2, 0) is 6.42 Å². The topological polar surface area (TPSA) is 45.3 Å². The van der Waals surface area contributed by atoms with E-state index in [1.54, 1.807) is 7.11 Å². The fraction of sp³-hybridized carbons (Fsp3) is 0.562. The zero-order valence-corrected chi connectivity index (χ0v) is 15.1. The van der Waals surface area contributed by atoms with Crippen LogP contribution in [0.2, 0.25) is 0 Å². The number of hydrogen-bond acceptors (Lipinski definition) is 4. The lowest BCUT2D eigenvalue weighted by Crippen LogP contribution is -2.27. The van der Waals surface area contributed by atoms with Crippen molar-refractivity contribution in [2.24, 2.45) is 0 Å². The molecule has 0 aliphatic carbocycles. The van der Waals surface area contributed by atoms with Gasteiger partial charge in [0.15, 0.2) is 0 Å². The number of methoxy groups -OCH3 is 1. The van der Waals surface area contributed by atoms with E-state index < -0.39 is 0 Å². The van der Waals surface area contributed by atoms with Crippen LogP contribution in [0.25, 0.3) is 10.2 Å². The number of rotatable bonds is 8. The highest BCUT2D eigenvalue weighted by atomic mass is 35.5. The van der Waals surface area contributed by atoms with Gasteiger partial charge >= 0.3 is 4.87 Å². The summed E-state index contributed by atoms with van der Waals surface area (Å²) in [5.41, 5.74) is 2.06. The monoisotopic (exact) mass is 344 g/mol. The van der Waals surface area contributed by atoms with Gasteiger partial charge in [-0.1, -0.05) is 31.3 Å². The Hall–Kier alpha value is -1.04. The second kappa shape index (κ2) is 9.18. The quantitative estimate of drug-likeness (QED) is 0.794. The highest BCUT2D eigenvalue weighted by molar-refractivity contribution is 7.16. The number of ether oxygens (including phenoxy) is 1. The molecule has 1 heterocycles. The molecule has 0 amide bonds. The fourth-order valence-electron chi connectivity index (χ4n) is 2.68. The summed E-state index contributed by atoms with van der Waals surface area (Å²) in [6.45, 7) is 7.74. The molecule has 22 heavy (non-hydrogen) atoms. The van der Waals surface area contributed by atoms with Gasteiger partial charge in [-0.05, 0) is 44.0 Å². The molecule has 1 N–H and O–H groups in total. The second-order valence-corrected chi connectivity index (χ2v) is 6.22. The molecule has 6 heteroatoms. The van der Waals surface area contributed by atoms with Gasteiger partial charge in [0.2, 0.25) is 0 Å². The van der Waals surface area contributed by atoms with Crippen LogP contribution in [0.3, 0.4) is 0 Å². The molecule has 0 spiro atoms. The number of nitrogens with zero attached hydrogens (tertiary/aromatic N) is 1. The Morgan fingerprint density at radius 3 is 2.45 bits per heavy atom. The number of aromatic amines is 1. The normalized spacial score (nSPS) is 10.9. The molecule has 0 fully saturated rings. The molecule has 0 bridgehead atoms. The SMILES string of the molecule is CCCN(CCC)CCc1ccc(OC)c2[nH]c(=O)sc12.Cl. The first-order valence-electron chi connectivity index (χ1n) is 7.60. The third-order valence-electron chi connectivity index (χ3n) is 3.62. The molecule has 2 rings (SSSR count). The van der Waals surface area contributed by atoms with E-state index in [0.29, 0.717) is 0 Å². The first kappa shape index (κ1) is 19.0. The Morgan fingerprint density at radius 2 is 1.86 bits per heavy atom. The van der Waals surface area contributed by atoms with Crippen molar-refractivity contribution in [2.45, 2.75) is 33.1 Å². The highest BCUT2D eigenvalue weighted by Crippen LogP contribution is 2.28. The standard InChI is InChI=1S/C16H24N2O2S.ClH/c1-4-9-18(10-5-2)11-8-12-6-7-13(20-3)14-15(12)21-16(19)17-14;/h6-7H,4-5,8-11H2,1-3H3,(H,17,19);1H. The van der Waals surface area contributed by atoms with Crippen molar-refractivity contribution >= 4 is 34.0 Å². The van der Waals surface area contributed by atoms with E-state index in [1.807, 2.05) is 6.07 Å². The lowest BCUT2D eigenvalue weighted by molar-refractivity contribution is 0.278. The molecule has 0 atom stereocenters. The van der Waals surface area contributed by atoms with Gasteiger partial charge in [-0.3, -0.25) is 4.79 Å². The van der Waals surface area contributed by atoms with E-state index in [2.05, 4.69) is 29.8 Å². The van der Waals surface area contributed by atoms with Crippen molar-refractivity contribution < 1.29 is 4.74 Å². The lowest BCUT2D eigenvalue weighted by atomic mass is 10.1. The van der Waals surface area contributed by atoms with Crippen LogP contribution in [0.15, 0.2) is 16.9 Å². The minimum atomic E-state index is -0.0188. The van der Waals surface area contributed by atoms with Crippen LogP contribution in [0.5, 0.6) is 5.75 Å². The highest BCUT2D eigenvalue weighted by Gasteiger charge is 2.11. The molecule has 0 aliphatic heterocycles. The smallest absolute Gasteiger partial charge is 0.305 e. The van der Waals surface area contributed by atoms with E-state index in [0.717, 1.165) is 42.0 Å². The zero-order valence-electron chi connectivity index (χ0n) is 13.5. The molecule has 124 valence electrons. The van der Waals surface area contributed by atoms with E-state index in [4.69, 9.17) is 4.74 Å². The summed E-state index contributed by atoms with van der Waals surface area (Å²) in [6, 6.07) is 4.03. The largest absolute Gasteiger partial charge is 0.495 e. The first-order chi connectivity index (χ1) is 10.2. The Labute approximate surface area is 141 Å². The number of thiazole rings is 1. The zero-order chi connectivity index (χ0) is 15.2. The molecular formula is C16H25ClN2O2S. The van der Waals surface area contributed by atoms with Gasteiger partial charge < -0.3 is 14.6 Å². The summed E-state index contributed by atoms with van der Waals surface area (Å²) in [5, 5.41) is 0. The molecule has 1 aromatic carbocycles. The maximum absolute atomic E-state index is 11.6. The predicted molar refractivity (Wildman–Crippen MR) is 97.0 cm³/mol. The number of halogens is 1. The van der Waals surface area contributed by atoms with Crippen LogP contribution in [0.1, 0.15) is 32.3 Å². The van der Waals surface area contributed by atoms with Crippen LogP contribution < -0.4 is 9.61 Å². The molecule has 0 saturated heterocycles. The summed E-state index contributed by atoms with van der Waals surface area (Å²) >= 11 is 1.28. The number of aromatic nitrogens is 1. The molecular weight excluding hydrogens is 320 g/mol. The third-order valence-corrected chi connectivity index (χ3v) is 4.58. The molecule has 0 aliphatic rings. The number of nitrogens with one attached hydrogen (secondary N) is 1. The van der Waals surface area contributed by atoms with E-state index >= 15 is 0 Å². The Kier molecular flexibility index (Phi) is 7.93. The summed E-state index contributed by atoms with van der Waals surface area (Å²) in [6.07, 6.45) is 3.32. The summed E-state index contributed by atoms with van der Waals surface area (Å²) in [4.78, 5) is 17.0. The number of hydrogen-bond donors (Lipinski definition) is 1. The summed E-state index contributed by atoms with van der Waals surface area (Å²) in [5.74, 6) is 0.742. The van der Waals surface area contributed by atoms with Gasteiger partial charge in [0.1, 0.15) is 11.3 Å². The van der Waals surface area contributed by atoms with E-state index in [-0.39, 0.29) is 17.3 Å². The number of fused-ring (bicyclic) bond motifs is 1.